The number of ether oxygens (including phenoxy) is 2. The maximum Gasteiger partial charge on any atom is 0.308 e. The van der Waals surface area contributed by atoms with E-state index in [1.807, 2.05) is 0 Å². The van der Waals surface area contributed by atoms with Crippen LogP contribution in [0.15, 0.2) is 0 Å². The highest BCUT2D eigenvalue weighted by atomic mass is 16.5. The van der Waals surface area contributed by atoms with Crippen LogP contribution in [0.1, 0.15) is 233 Å². The Hall–Kier alpha value is -1.18. The van der Waals surface area contributed by atoms with Gasteiger partial charge in [0.15, 0.2) is 0 Å². The van der Waals surface area contributed by atoms with Crippen molar-refractivity contribution in [3.63, 3.8) is 0 Å². The molecule has 0 aromatic rings. The van der Waals surface area contributed by atoms with Crippen molar-refractivity contribution < 1.29 is 33.8 Å². The van der Waals surface area contributed by atoms with E-state index in [9.17, 15) is 19.8 Å². The number of hydrogen-bond acceptors (Lipinski definition) is 6. The molecule has 0 amide bonds. The monoisotopic (exact) mass is 783 g/mol. The molecule has 0 saturated carbocycles. The van der Waals surface area contributed by atoms with Gasteiger partial charge in [-0.2, -0.15) is 0 Å². The van der Waals surface area contributed by atoms with Crippen molar-refractivity contribution >= 4 is 11.9 Å². The van der Waals surface area contributed by atoms with E-state index < -0.39 is 0 Å². The molecule has 0 heterocycles. The summed E-state index contributed by atoms with van der Waals surface area (Å²) in [6, 6.07) is -0.177. The minimum absolute atomic E-state index is 0.0182. The Labute approximate surface area is 342 Å². The molecule has 0 fully saturated rings. The number of likely N-dealkylation sites (N-methyl/N-ethyl adjacent to an activating group) is 1. The quantitative estimate of drug-likeness (QED) is 0.0363. The molecule has 2 unspecified atom stereocenters. The van der Waals surface area contributed by atoms with E-state index in [0.29, 0.717) is 17.7 Å². The van der Waals surface area contributed by atoms with Crippen LogP contribution < -0.4 is 0 Å². The first kappa shape index (κ1) is 53.8. The number of unbranched alkanes of at least 4 members (excludes halogenated alkanes) is 22. The zero-order valence-corrected chi connectivity index (χ0v) is 37.6. The van der Waals surface area contributed by atoms with E-state index in [2.05, 4.69) is 34.7 Å². The second-order valence-corrected chi connectivity index (χ2v) is 17.3. The zero-order chi connectivity index (χ0) is 40.7. The Kier molecular flexibility index (Phi) is 38.8. The number of esters is 2. The van der Waals surface area contributed by atoms with Crippen LogP contribution in [0, 0.1) is 11.8 Å². The van der Waals surface area contributed by atoms with Crippen LogP contribution in [-0.2, 0) is 19.1 Å². The Bertz CT molecular complexity index is 775. The molecule has 0 rings (SSSR count). The van der Waals surface area contributed by atoms with Gasteiger partial charge in [0.25, 0.3) is 0 Å². The third-order valence-corrected chi connectivity index (χ3v) is 12.2. The van der Waals surface area contributed by atoms with E-state index >= 15 is 0 Å². The van der Waals surface area contributed by atoms with Crippen molar-refractivity contribution in [1.29, 1.82) is 0 Å². The summed E-state index contributed by atoms with van der Waals surface area (Å²) in [6.07, 6.45) is 36.4. The molecule has 7 heteroatoms. The van der Waals surface area contributed by atoms with Crippen LogP contribution in [0.3, 0.4) is 0 Å². The molecule has 2 N–H and O–H groups in total. The zero-order valence-electron chi connectivity index (χ0n) is 37.6. The maximum absolute atomic E-state index is 13.0. The van der Waals surface area contributed by atoms with Crippen molar-refractivity contribution in [3.05, 3.63) is 0 Å². The molecule has 2 atom stereocenters. The fourth-order valence-corrected chi connectivity index (χ4v) is 8.10. The lowest BCUT2D eigenvalue weighted by molar-refractivity contribution is -0.934. The first-order valence-electron chi connectivity index (χ1n) is 24.2. The molecule has 328 valence electrons. The second-order valence-electron chi connectivity index (χ2n) is 17.3. The topological polar surface area (TPSA) is 93.1 Å². The molecule has 0 aliphatic rings. The summed E-state index contributed by atoms with van der Waals surface area (Å²) in [4.78, 5) is 26.0. The molecule has 0 bridgehead atoms. The first-order valence-corrected chi connectivity index (χ1v) is 24.2. The summed E-state index contributed by atoms with van der Waals surface area (Å²) in [7, 11) is 2.18. The molecular weight excluding hydrogens is 687 g/mol. The Morgan fingerprint density at radius 3 is 1.02 bits per heavy atom. The molecule has 0 saturated heterocycles. The number of rotatable bonds is 43. The highest BCUT2D eigenvalue weighted by Gasteiger charge is 2.31. The van der Waals surface area contributed by atoms with Crippen molar-refractivity contribution in [2.45, 2.75) is 239 Å². The minimum atomic E-state index is -0.177. The van der Waals surface area contributed by atoms with E-state index in [-0.39, 0.29) is 43.0 Å². The standard InChI is InChI=1S/C48H96NO6/c1-6-10-14-18-20-28-36-44(34-26-16-12-8-3)47(52)54-40-32-24-22-30-38-49(5,46(42-50)43-51)39-31-23-25-33-41-55-48(53)45(35-27-17-13-9-4)37-29-21-19-15-11-7-2/h44-46,50-51H,6-43H2,1-5H3/q+1. The van der Waals surface area contributed by atoms with E-state index in [1.54, 1.807) is 0 Å². The van der Waals surface area contributed by atoms with Gasteiger partial charge < -0.3 is 24.2 Å². The molecule has 0 radical (unpaired) electrons. The van der Waals surface area contributed by atoms with Gasteiger partial charge in [-0.1, -0.05) is 156 Å². The Balaban J connectivity index is 4.54. The van der Waals surface area contributed by atoms with Gasteiger partial charge in [-0.25, -0.2) is 0 Å². The number of carbonyl (C=O) groups is 2. The lowest BCUT2D eigenvalue weighted by Crippen LogP contribution is -2.56. The van der Waals surface area contributed by atoms with Gasteiger partial charge in [-0.05, 0) is 77.0 Å². The molecule has 0 aliphatic heterocycles. The van der Waals surface area contributed by atoms with Crippen LogP contribution in [0.4, 0.5) is 0 Å². The predicted octanol–water partition coefficient (Wildman–Crippen LogP) is 12.7. The van der Waals surface area contributed by atoms with Crippen molar-refractivity contribution in [1.82, 2.24) is 0 Å². The Morgan fingerprint density at radius 1 is 0.418 bits per heavy atom. The average Bonchev–Trinajstić information content (AvgIpc) is 3.18. The summed E-state index contributed by atoms with van der Waals surface area (Å²) in [5.74, 6) is 0.155. The summed E-state index contributed by atoms with van der Waals surface area (Å²) in [5.41, 5.74) is 0. The van der Waals surface area contributed by atoms with E-state index in [4.69, 9.17) is 9.47 Å². The number of aliphatic hydroxyl groups is 2. The van der Waals surface area contributed by atoms with Crippen LogP contribution in [0.5, 0.6) is 0 Å². The van der Waals surface area contributed by atoms with Gasteiger partial charge in [0, 0.05) is 0 Å². The van der Waals surface area contributed by atoms with Crippen molar-refractivity contribution in [2.24, 2.45) is 11.8 Å². The molecule has 7 nitrogen and oxygen atoms in total. The fraction of sp³-hybridized carbons (Fsp3) is 0.958. The first-order chi connectivity index (χ1) is 26.8. The molecule has 0 aliphatic carbocycles. The van der Waals surface area contributed by atoms with Crippen LogP contribution >= 0.6 is 0 Å². The second kappa shape index (κ2) is 39.6. The normalized spacial score (nSPS) is 13.9. The smallest absolute Gasteiger partial charge is 0.308 e. The Morgan fingerprint density at radius 2 is 0.691 bits per heavy atom. The van der Waals surface area contributed by atoms with Crippen LogP contribution in [-0.4, -0.2) is 79.2 Å². The summed E-state index contributed by atoms with van der Waals surface area (Å²) in [6.45, 7) is 11.8. The van der Waals surface area contributed by atoms with Gasteiger partial charge in [-0.15, -0.1) is 0 Å². The van der Waals surface area contributed by atoms with Gasteiger partial charge >= 0.3 is 11.9 Å². The molecule has 55 heavy (non-hydrogen) atoms. The average molecular weight is 783 g/mol. The molecular formula is C48H96NO6+. The number of carbonyl (C=O) groups excluding carboxylic acids is 2. The third kappa shape index (κ3) is 30.6. The maximum atomic E-state index is 13.0. The van der Waals surface area contributed by atoms with Crippen LogP contribution in [0.2, 0.25) is 0 Å². The fourth-order valence-electron chi connectivity index (χ4n) is 8.10. The third-order valence-electron chi connectivity index (χ3n) is 12.2. The predicted molar refractivity (Wildman–Crippen MR) is 233 cm³/mol. The number of aliphatic hydroxyl groups excluding tert-OH is 2. The largest absolute Gasteiger partial charge is 0.465 e. The summed E-state index contributed by atoms with van der Waals surface area (Å²) in [5, 5.41) is 20.2. The molecule has 0 aromatic heterocycles. The molecule has 0 aromatic carbocycles. The van der Waals surface area contributed by atoms with E-state index in [1.165, 1.54) is 103 Å². The number of hydrogen-bond donors (Lipinski definition) is 2. The molecule has 0 spiro atoms. The highest BCUT2D eigenvalue weighted by molar-refractivity contribution is 5.72. The van der Waals surface area contributed by atoms with Crippen molar-refractivity contribution in [2.75, 3.05) is 46.6 Å². The van der Waals surface area contributed by atoms with Gasteiger partial charge in [-0.3, -0.25) is 9.59 Å². The van der Waals surface area contributed by atoms with Crippen LogP contribution in [0.25, 0.3) is 0 Å². The minimum Gasteiger partial charge on any atom is -0.465 e. The summed E-state index contributed by atoms with van der Waals surface area (Å²) >= 11 is 0. The van der Waals surface area contributed by atoms with Gasteiger partial charge in [0.2, 0.25) is 0 Å². The van der Waals surface area contributed by atoms with Crippen molar-refractivity contribution in [3.8, 4) is 0 Å². The van der Waals surface area contributed by atoms with Gasteiger partial charge in [0.1, 0.15) is 6.04 Å². The lowest BCUT2D eigenvalue weighted by Gasteiger charge is -2.40. The lowest BCUT2D eigenvalue weighted by atomic mass is 9.94. The number of quaternary nitrogens is 1. The van der Waals surface area contributed by atoms with Gasteiger partial charge in [0.05, 0.1) is 58.4 Å². The number of nitrogens with zero attached hydrogens (tertiary/aromatic N) is 1. The van der Waals surface area contributed by atoms with E-state index in [0.717, 1.165) is 116 Å². The summed E-state index contributed by atoms with van der Waals surface area (Å²) < 4.78 is 12.3. The highest BCUT2D eigenvalue weighted by Crippen LogP contribution is 2.23. The SMILES string of the molecule is CCCCCCCCC(CCCCCC)C(=O)OCCCCCC[N+](C)(CCCCCCOC(=O)C(CCCCCC)CCCCCCCC)C(CO)CO.